The Hall–Kier alpha value is -2.44. The first-order valence-electron chi connectivity index (χ1n) is 7.51. The van der Waals surface area contributed by atoms with Gasteiger partial charge in [0.2, 0.25) is 0 Å². The van der Waals surface area contributed by atoms with Crippen LogP contribution in [0.1, 0.15) is 31.1 Å². The third kappa shape index (κ3) is 3.04. The Morgan fingerprint density at radius 1 is 1.39 bits per heavy atom. The molecule has 0 bridgehead atoms. The highest BCUT2D eigenvalue weighted by atomic mass is 19.1. The molecular weight excluding hydrogens is 301 g/mol. The fourth-order valence-electron chi connectivity index (χ4n) is 2.80. The summed E-state index contributed by atoms with van der Waals surface area (Å²) in [5.41, 5.74) is 0. The van der Waals surface area contributed by atoms with E-state index in [4.69, 9.17) is 9.47 Å². The predicted molar refractivity (Wildman–Crippen MR) is 79.3 cm³/mol. The molecule has 2 atom stereocenters. The minimum absolute atomic E-state index is 0.181. The van der Waals surface area contributed by atoms with Gasteiger partial charge in [0.05, 0.1) is 13.0 Å². The monoisotopic (exact) mass is 319 g/mol. The van der Waals surface area contributed by atoms with Gasteiger partial charge in [0.1, 0.15) is 5.82 Å². The van der Waals surface area contributed by atoms with Crippen molar-refractivity contribution in [2.24, 2.45) is 5.92 Å². The van der Waals surface area contributed by atoms with Crippen LogP contribution < -0.4 is 4.74 Å². The minimum atomic E-state index is -0.442. The lowest BCUT2D eigenvalue weighted by molar-refractivity contribution is -0.146. The first-order chi connectivity index (χ1) is 11.1. The Labute approximate surface area is 133 Å². The number of rotatable bonds is 4. The molecule has 1 aliphatic heterocycles. The van der Waals surface area contributed by atoms with Crippen molar-refractivity contribution < 1.29 is 18.7 Å². The summed E-state index contributed by atoms with van der Waals surface area (Å²) in [7, 11) is 1.39. The zero-order chi connectivity index (χ0) is 16.4. The lowest BCUT2D eigenvalue weighted by Gasteiger charge is -2.23. The van der Waals surface area contributed by atoms with Gasteiger partial charge in [-0.15, -0.1) is 10.2 Å². The lowest BCUT2D eigenvalue weighted by atomic mass is 9.98. The van der Waals surface area contributed by atoms with E-state index in [-0.39, 0.29) is 17.6 Å². The summed E-state index contributed by atoms with van der Waals surface area (Å²) in [4.78, 5) is 11.6. The molecule has 0 spiro atoms. The molecule has 1 aliphatic rings. The number of benzene rings is 1. The molecule has 6 nitrogen and oxygen atoms in total. The standard InChI is InChI=1S/C16H18FN3O3/c1-10(23-13-6-4-3-5-12(13)17)15-19-18-14-9-11(16(21)22-2)7-8-20(14)15/h3-6,10-11H,7-9H2,1-2H3. The van der Waals surface area contributed by atoms with Crippen LogP contribution in [0.3, 0.4) is 0 Å². The largest absolute Gasteiger partial charge is 0.480 e. The quantitative estimate of drug-likeness (QED) is 0.809. The van der Waals surface area contributed by atoms with Crippen LogP contribution in [0.2, 0.25) is 0 Å². The van der Waals surface area contributed by atoms with E-state index in [0.29, 0.717) is 25.2 Å². The fourth-order valence-corrected chi connectivity index (χ4v) is 2.80. The lowest BCUT2D eigenvalue weighted by Crippen LogP contribution is -2.28. The maximum atomic E-state index is 13.7. The van der Waals surface area contributed by atoms with Crippen LogP contribution in [0.25, 0.3) is 0 Å². The van der Waals surface area contributed by atoms with E-state index in [1.165, 1.54) is 13.2 Å². The molecule has 2 unspecified atom stereocenters. The van der Waals surface area contributed by atoms with E-state index in [1.807, 2.05) is 4.57 Å². The number of hydrogen-bond donors (Lipinski definition) is 0. The summed E-state index contributed by atoms with van der Waals surface area (Å²) < 4.78 is 26.1. The van der Waals surface area contributed by atoms with E-state index in [0.717, 1.165) is 5.82 Å². The number of halogens is 1. The molecule has 0 saturated heterocycles. The van der Waals surface area contributed by atoms with Gasteiger partial charge in [0, 0.05) is 13.0 Å². The van der Waals surface area contributed by atoms with Crippen molar-refractivity contribution in [1.82, 2.24) is 14.8 Å². The van der Waals surface area contributed by atoms with Gasteiger partial charge < -0.3 is 14.0 Å². The van der Waals surface area contributed by atoms with Gasteiger partial charge in [-0.05, 0) is 25.5 Å². The molecule has 0 N–H and O–H groups in total. The van der Waals surface area contributed by atoms with E-state index in [9.17, 15) is 9.18 Å². The third-order valence-electron chi connectivity index (χ3n) is 4.02. The number of nitrogens with zero attached hydrogens (tertiary/aromatic N) is 3. The van der Waals surface area contributed by atoms with Crippen molar-refractivity contribution in [3.63, 3.8) is 0 Å². The van der Waals surface area contributed by atoms with Crippen molar-refractivity contribution >= 4 is 5.97 Å². The zero-order valence-corrected chi connectivity index (χ0v) is 13.0. The van der Waals surface area contributed by atoms with Crippen molar-refractivity contribution in [3.05, 3.63) is 41.7 Å². The third-order valence-corrected chi connectivity index (χ3v) is 4.02. The number of fused-ring (bicyclic) bond motifs is 1. The Kier molecular flexibility index (Phi) is 4.27. The summed E-state index contributed by atoms with van der Waals surface area (Å²) in [6, 6.07) is 6.25. The molecule has 0 saturated carbocycles. The normalized spacial score (nSPS) is 18.1. The minimum Gasteiger partial charge on any atom is -0.480 e. The van der Waals surface area contributed by atoms with Crippen molar-refractivity contribution in [1.29, 1.82) is 0 Å². The van der Waals surface area contributed by atoms with E-state index < -0.39 is 11.9 Å². The molecular formula is C16H18FN3O3. The summed E-state index contributed by atoms with van der Waals surface area (Å²) in [6.07, 6.45) is 0.714. The first kappa shape index (κ1) is 15.5. The second-order valence-corrected chi connectivity index (χ2v) is 5.53. The number of methoxy groups -OCH3 is 1. The zero-order valence-electron chi connectivity index (χ0n) is 13.0. The molecule has 122 valence electrons. The second kappa shape index (κ2) is 6.36. The molecule has 2 heterocycles. The van der Waals surface area contributed by atoms with Gasteiger partial charge in [0.15, 0.2) is 23.5 Å². The molecule has 0 aliphatic carbocycles. The molecule has 0 amide bonds. The van der Waals surface area contributed by atoms with Crippen molar-refractivity contribution in [3.8, 4) is 5.75 Å². The Balaban J connectivity index is 1.77. The van der Waals surface area contributed by atoms with Gasteiger partial charge in [-0.3, -0.25) is 4.79 Å². The van der Waals surface area contributed by atoms with Gasteiger partial charge in [-0.2, -0.15) is 0 Å². The summed E-state index contributed by atoms with van der Waals surface area (Å²) >= 11 is 0. The average Bonchev–Trinajstić information content (AvgIpc) is 2.99. The molecule has 0 radical (unpaired) electrons. The highest BCUT2D eigenvalue weighted by molar-refractivity contribution is 5.72. The van der Waals surface area contributed by atoms with E-state index >= 15 is 0 Å². The van der Waals surface area contributed by atoms with Gasteiger partial charge in [-0.1, -0.05) is 12.1 Å². The molecule has 7 heteroatoms. The number of hydrogen-bond acceptors (Lipinski definition) is 5. The fraction of sp³-hybridized carbons (Fsp3) is 0.438. The average molecular weight is 319 g/mol. The van der Waals surface area contributed by atoms with Crippen LogP contribution in [-0.4, -0.2) is 27.8 Å². The van der Waals surface area contributed by atoms with Gasteiger partial charge in [-0.25, -0.2) is 4.39 Å². The van der Waals surface area contributed by atoms with Crippen LogP contribution in [0, 0.1) is 11.7 Å². The SMILES string of the molecule is COC(=O)C1CCn2c(nnc2C(C)Oc2ccccc2F)C1. The van der Waals surface area contributed by atoms with Crippen LogP contribution in [-0.2, 0) is 22.5 Å². The molecule has 0 fully saturated rings. The smallest absolute Gasteiger partial charge is 0.309 e. The van der Waals surface area contributed by atoms with E-state index in [2.05, 4.69) is 10.2 Å². The molecule has 2 aromatic rings. The maximum Gasteiger partial charge on any atom is 0.309 e. The second-order valence-electron chi connectivity index (χ2n) is 5.53. The van der Waals surface area contributed by atoms with Crippen LogP contribution in [0.15, 0.2) is 24.3 Å². The van der Waals surface area contributed by atoms with E-state index in [1.54, 1.807) is 25.1 Å². The number of carbonyl (C=O) groups is 1. The number of esters is 1. The molecule has 23 heavy (non-hydrogen) atoms. The number of carbonyl (C=O) groups excluding carboxylic acids is 1. The summed E-state index contributed by atoms with van der Waals surface area (Å²) in [5, 5.41) is 8.30. The Bertz CT molecular complexity index is 716. The topological polar surface area (TPSA) is 66.2 Å². The maximum absolute atomic E-state index is 13.7. The van der Waals surface area contributed by atoms with Crippen LogP contribution >= 0.6 is 0 Å². The summed E-state index contributed by atoms with van der Waals surface area (Å²) in [6.45, 7) is 2.42. The summed E-state index contributed by atoms with van der Waals surface area (Å²) in [5.74, 6) is 0.713. The Morgan fingerprint density at radius 3 is 2.91 bits per heavy atom. The van der Waals surface area contributed by atoms with Crippen LogP contribution in [0.4, 0.5) is 4.39 Å². The first-order valence-corrected chi connectivity index (χ1v) is 7.51. The van der Waals surface area contributed by atoms with Gasteiger partial charge in [0.25, 0.3) is 0 Å². The van der Waals surface area contributed by atoms with Crippen molar-refractivity contribution in [2.45, 2.75) is 32.4 Å². The predicted octanol–water partition coefficient (Wildman–Crippen LogP) is 2.29. The van der Waals surface area contributed by atoms with Crippen molar-refractivity contribution in [2.75, 3.05) is 7.11 Å². The Morgan fingerprint density at radius 2 is 2.17 bits per heavy atom. The molecule has 1 aromatic carbocycles. The number of para-hydroxylation sites is 1. The highest BCUT2D eigenvalue weighted by Crippen LogP contribution is 2.27. The van der Waals surface area contributed by atoms with Gasteiger partial charge >= 0.3 is 5.97 Å². The molecule has 1 aromatic heterocycles. The number of aromatic nitrogens is 3. The van der Waals surface area contributed by atoms with Crippen LogP contribution in [0.5, 0.6) is 5.75 Å². The highest BCUT2D eigenvalue weighted by Gasteiger charge is 2.30. The number of ether oxygens (including phenoxy) is 2. The molecule has 3 rings (SSSR count).